The van der Waals surface area contributed by atoms with Crippen molar-refractivity contribution in [2.24, 2.45) is 14.1 Å². The molecule has 47 heavy (non-hydrogen) atoms. The molecule has 0 N–H and O–H groups in total. The van der Waals surface area contributed by atoms with Crippen LogP contribution in [0.15, 0.2) is 137 Å². The van der Waals surface area contributed by atoms with Crippen molar-refractivity contribution in [1.29, 1.82) is 0 Å². The molecule has 0 aliphatic carbocycles. The Kier molecular flexibility index (Phi) is 5.95. The Hall–Kier alpha value is -6.34. The van der Waals surface area contributed by atoms with Crippen LogP contribution in [0.25, 0.3) is 89.0 Å². The summed E-state index contributed by atoms with van der Waals surface area (Å²) in [6, 6.07) is 42.9. The van der Waals surface area contributed by atoms with Crippen molar-refractivity contribution in [1.82, 2.24) is 24.1 Å². The number of furan rings is 1. The zero-order valence-corrected chi connectivity index (χ0v) is 25.7. The molecule has 6 aromatic carbocycles. The van der Waals surface area contributed by atoms with Gasteiger partial charge in [0.25, 0.3) is 0 Å². The van der Waals surface area contributed by atoms with Gasteiger partial charge in [0, 0.05) is 46.9 Å². The number of fused-ring (bicyclic) bond motifs is 6. The lowest BCUT2D eigenvalue weighted by Gasteiger charge is -2.10. The van der Waals surface area contributed by atoms with E-state index in [0.717, 1.165) is 71.6 Å². The standard InChI is InChI=1S/C40H27N5O2/c1-44-33-19-16-27(23-34(33)45(2)40(44)46)26-12-8-13-28(21-26)38-41-37(25-10-4-3-5-11-25)42-39(43-38)29-17-20-35-32(22-29)31-18-15-24-9-6-7-14-30(24)36(31)47-35/h3-23H,1-2H3. The Balaban J connectivity index is 1.20. The van der Waals surface area contributed by atoms with Crippen molar-refractivity contribution in [2.45, 2.75) is 0 Å². The van der Waals surface area contributed by atoms with Crippen LogP contribution in [0.3, 0.4) is 0 Å². The first kappa shape index (κ1) is 27.0. The molecule has 9 aromatic rings. The van der Waals surface area contributed by atoms with Crippen LogP contribution in [-0.4, -0.2) is 24.1 Å². The number of benzene rings is 6. The van der Waals surface area contributed by atoms with E-state index in [4.69, 9.17) is 19.4 Å². The Labute approximate surface area is 269 Å². The molecule has 0 radical (unpaired) electrons. The van der Waals surface area contributed by atoms with E-state index in [1.165, 1.54) is 0 Å². The molecule has 0 saturated carbocycles. The van der Waals surface area contributed by atoms with Crippen molar-refractivity contribution in [3.05, 3.63) is 138 Å². The van der Waals surface area contributed by atoms with E-state index < -0.39 is 0 Å². The molecular weight excluding hydrogens is 582 g/mol. The number of aromatic nitrogens is 5. The molecule has 224 valence electrons. The second kappa shape index (κ2) is 10.4. The summed E-state index contributed by atoms with van der Waals surface area (Å²) < 4.78 is 9.71. The molecule has 7 heteroatoms. The molecule has 0 spiro atoms. The Morgan fingerprint density at radius 1 is 0.489 bits per heavy atom. The third-order valence-electron chi connectivity index (χ3n) is 9.01. The minimum Gasteiger partial charge on any atom is -0.455 e. The van der Waals surface area contributed by atoms with Gasteiger partial charge in [0.05, 0.1) is 11.0 Å². The van der Waals surface area contributed by atoms with Crippen LogP contribution >= 0.6 is 0 Å². The topological polar surface area (TPSA) is 78.7 Å². The maximum Gasteiger partial charge on any atom is 0.328 e. The molecule has 0 aliphatic heterocycles. The molecular formula is C40H27N5O2. The molecule has 0 saturated heterocycles. The van der Waals surface area contributed by atoms with Crippen LogP contribution in [0.1, 0.15) is 0 Å². The normalized spacial score (nSPS) is 11.7. The number of hydrogen-bond acceptors (Lipinski definition) is 5. The van der Waals surface area contributed by atoms with Gasteiger partial charge in [0.1, 0.15) is 11.2 Å². The fraction of sp³-hybridized carbons (Fsp3) is 0.0500. The van der Waals surface area contributed by atoms with Crippen LogP contribution in [0.5, 0.6) is 0 Å². The molecule has 0 amide bonds. The molecule has 0 fully saturated rings. The first-order valence-electron chi connectivity index (χ1n) is 15.4. The van der Waals surface area contributed by atoms with Gasteiger partial charge < -0.3 is 4.42 Å². The second-order valence-corrected chi connectivity index (χ2v) is 11.8. The third kappa shape index (κ3) is 4.35. The van der Waals surface area contributed by atoms with E-state index in [1.807, 2.05) is 78.9 Å². The summed E-state index contributed by atoms with van der Waals surface area (Å²) in [5.41, 5.74) is 8.07. The number of aryl methyl sites for hydroxylation is 2. The van der Waals surface area contributed by atoms with Gasteiger partial charge in [0.15, 0.2) is 17.5 Å². The van der Waals surface area contributed by atoms with Crippen LogP contribution in [0.2, 0.25) is 0 Å². The van der Waals surface area contributed by atoms with E-state index in [2.05, 4.69) is 48.5 Å². The summed E-state index contributed by atoms with van der Waals surface area (Å²) >= 11 is 0. The van der Waals surface area contributed by atoms with E-state index >= 15 is 0 Å². The second-order valence-electron chi connectivity index (χ2n) is 11.8. The van der Waals surface area contributed by atoms with Crippen LogP contribution in [-0.2, 0) is 14.1 Å². The summed E-state index contributed by atoms with van der Waals surface area (Å²) in [4.78, 5) is 27.5. The smallest absolute Gasteiger partial charge is 0.328 e. The fourth-order valence-electron chi connectivity index (χ4n) is 6.52. The summed E-state index contributed by atoms with van der Waals surface area (Å²) in [6.45, 7) is 0. The van der Waals surface area contributed by atoms with Crippen molar-refractivity contribution in [3.63, 3.8) is 0 Å². The van der Waals surface area contributed by atoms with Gasteiger partial charge in [-0.15, -0.1) is 0 Å². The van der Waals surface area contributed by atoms with E-state index in [1.54, 1.807) is 23.2 Å². The van der Waals surface area contributed by atoms with Gasteiger partial charge in [-0.05, 0) is 59.0 Å². The molecule has 9 rings (SSSR count). The predicted molar refractivity (Wildman–Crippen MR) is 188 cm³/mol. The molecule has 0 aliphatic rings. The number of nitrogens with zero attached hydrogens (tertiary/aromatic N) is 5. The first-order chi connectivity index (χ1) is 23.0. The van der Waals surface area contributed by atoms with Crippen molar-refractivity contribution in [2.75, 3.05) is 0 Å². The van der Waals surface area contributed by atoms with Crippen LogP contribution in [0, 0.1) is 0 Å². The highest BCUT2D eigenvalue weighted by molar-refractivity contribution is 6.15. The first-order valence-corrected chi connectivity index (χ1v) is 15.4. The highest BCUT2D eigenvalue weighted by atomic mass is 16.3. The molecule has 3 aromatic heterocycles. The Morgan fingerprint density at radius 3 is 1.96 bits per heavy atom. The average molecular weight is 610 g/mol. The average Bonchev–Trinajstić information content (AvgIpc) is 3.62. The third-order valence-corrected chi connectivity index (χ3v) is 9.01. The lowest BCUT2D eigenvalue weighted by molar-refractivity contribution is 0.672. The van der Waals surface area contributed by atoms with Crippen molar-refractivity contribution >= 4 is 43.7 Å². The number of imidazole rings is 1. The molecule has 0 atom stereocenters. The SMILES string of the molecule is Cn1c(=O)n(C)c2cc(-c3cccc(-c4nc(-c5ccccc5)nc(-c5ccc6oc7c8ccccc8ccc7c6c5)n4)c3)ccc21. The molecule has 0 unspecified atom stereocenters. The van der Waals surface area contributed by atoms with Crippen LogP contribution < -0.4 is 5.69 Å². The Bertz CT molecular complexity index is 2740. The van der Waals surface area contributed by atoms with Gasteiger partial charge in [-0.2, -0.15) is 0 Å². The zero-order chi connectivity index (χ0) is 31.6. The number of rotatable bonds is 4. The summed E-state index contributed by atoms with van der Waals surface area (Å²) in [5.74, 6) is 1.75. The minimum absolute atomic E-state index is 0.0491. The quantitative estimate of drug-likeness (QED) is 0.199. The van der Waals surface area contributed by atoms with Crippen molar-refractivity contribution in [3.8, 4) is 45.3 Å². The van der Waals surface area contributed by atoms with Crippen LogP contribution in [0.4, 0.5) is 0 Å². The zero-order valence-electron chi connectivity index (χ0n) is 25.7. The van der Waals surface area contributed by atoms with E-state index in [9.17, 15) is 4.79 Å². The lowest BCUT2D eigenvalue weighted by Crippen LogP contribution is -2.19. The highest BCUT2D eigenvalue weighted by Crippen LogP contribution is 2.36. The van der Waals surface area contributed by atoms with Crippen molar-refractivity contribution < 1.29 is 4.42 Å². The maximum atomic E-state index is 12.5. The highest BCUT2D eigenvalue weighted by Gasteiger charge is 2.16. The summed E-state index contributed by atoms with van der Waals surface area (Å²) in [6.07, 6.45) is 0. The van der Waals surface area contributed by atoms with Gasteiger partial charge >= 0.3 is 5.69 Å². The van der Waals surface area contributed by atoms with Gasteiger partial charge in [-0.1, -0.05) is 84.9 Å². The van der Waals surface area contributed by atoms with E-state index in [0.29, 0.717) is 17.5 Å². The largest absolute Gasteiger partial charge is 0.455 e. The molecule has 3 heterocycles. The van der Waals surface area contributed by atoms with Gasteiger partial charge in [0.2, 0.25) is 0 Å². The number of hydrogen-bond donors (Lipinski definition) is 0. The predicted octanol–water partition coefficient (Wildman–Crippen LogP) is 8.78. The fourth-order valence-corrected chi connectivity index (χ4v) is 6.52. The summed E-state index contributed by atoms with van der Waals surface area (Å²) in [7, 11) is 3.59. The Morgan fingerprint density at radius 2 is 1.13 bits per heavy atom. The lowest BCUT2D eigenvalue weighted by atomic mass is 10.0. The van der Waals surface area contributed by atoms with E-state index in [-0.39, 0.29) is 5.69 Å². The monoisotopic (exact) mass is 609 g/mol. The minimum atomic E-state index is -0.0491. The molecule has 7 nitrogen and oxygen atoms in total. The van der Waals surface area contributed by atoms with Gasteiger partial charge in [-0.3, -0.25) is 9.13 Å². The summed E-state index contributed by atoms with van der Waals surface area (Å²) in [5, 5.41) is 4.30. The molecule has 0 bridgehead atoms. The maximum absolute atomic E-state index is 12.5. The van der Waals surface area contributed by atoms with Gasteiger partial charge in [-0.25, -0.2) is 19.7 Å².